The van der Waals surface area contributed by atoms with Crippen molar-refractivity contribution in [2.75, 3.05) is 46.2 Å². The van der Waals surface area contributed by atoms with Crippen molar-refractivity contribution in [3.63, 3.8) is 0 Å². The Balaban J connectivity index is 3.31. The Morgan fingerprint density at radius 1 is 0.808 bits per heavy atom. The minimum absolute atomic E-state index is 0.130. The maximum Gasteiger partial charge on any atom is 0.533 e. The van der Waals surface area contributed by atoms with E-state index in [1.54, 1.807) is 0 Å². The van der Waals surface area contributed by atoms with Gasteiger partial charge in [-0.25, -0.2) is 0 Å². The van der Waals surface area contributed by atoms with E-state index in [2.05, 4.69) is 6.92 Å². The molecule has 0 aromatic heterocycles. The predicted molar refractivity (Wildman–Crippen MR) is 104 cm³/mol. The maximum atomic E-state index is 6.39. The zero-order valence-corrected chi connectivity index (χ0v) is 19.4. The van der Waals surface area contributed by atoms with Gasteiger partial charge in [-0.05, 0) is 40.7 Å². The van der Waals surface area contributed by atoms with Gasteiger partial charge >= 0.3 is 17.4 Å². The van der Waals surface area contributed by atoms with E-state index in [0.717, 1.165) is 19.1 Å². The Morgan fingerprint density at radius 3 is 1.62 bits per heavy atom. The molecule has 1 fully saturated rings. The quantitative estimate of drug-likeness (QED) is 0.270. The van der Waals surface area contributed by atoms with Crippen molar-refractivity contribution in [3.05, 3.63) is 0 Å². The summed E-state index contributed by atoms with van der Waals surface area (Å²) < 4.78 is 42.9. The number of hydrogen-bond acceptors (Lipinski definition) is 7. The summed E-state index contributed by atoms with van der Waals surface area (Å²) in [7, 11) is -5.98. The van der Waals surface area contributed by atoms with Crippen LogP contribution >= 0.6 is 0 Å². The minimum Gasteiger partial charge on any atom is -0.393 e. The third-order valence-electron chi connectivity index (χ3n) is 3.98. The van der Waals surface area contributed by atoms with Gasteiger partial charge in [-0.2, -0.15) is 0 Å². The van der Waals surface area contributed by atoms with Crippen molar-refractivity contribution >= 4 is 17.4 Å². The molecule has 7 nitrogen and oxygen atoms in total. The van der Waals surface area contributed by atoms with E-state index in [9.17, 15) is 0 Å². The van der Waals surface area contributed by atoms with E-state index >= 15 is 0 Å². The molecule has 0 aliphatic carbocycles. The van der Waals surface area contributed by atoms with E-state index in [1.807, 2.05) is 34.6 Å². The molecule has 1 aliphatic rings. The molecule has 2 unspecified atom stereocenters. The summed E-state index contributed by atoms with van der Waals surface area (Å²) in [4.78, 5) is 0. The molecular formula is C17H38O7Si2. The first kappa shape index (κ1) is 24.2. The van der Waals surface area contributed by atoms with E-state index in [0.29, 0.717) is 39.6 Å². The molecule has 0 saturated carbocycles. The van der Waals surface area contributed by atoms with Crippen LogP contribution in [0.15, 0.2) is 0 Å². The van der Waals surface area contributed by atoms with Crippen molar-refractivity contribution in [2.45, 2.75) is 65.5 Å². The van der Waals surface area contributed by atoms with Crippen LogP contribution in [-0.4, -0.2) is 75.1 Å². The molecule has 26 heavy (non-hydrogen) atoms. The lowest BCUT2D eigenvalue weighted by atomic mass is 10.5. The van der Waals surface area contributed by atoms with E-state index in [4.69, 9.17) is 31.6 Å². The maximum absolute atomic E-state index is 6.39. The third kappa shape index (κ3) is 6.64. The molecule has 1 rings (SSSR count). The van der Waals surface area contributed by atoms with Gasteiger partial charge in [0.15, 0.2) is 5.35 Å². The van der Waals surface area contributed by atoms with Crippen LogP contribution in [0.5, 0.6) is 0 Å². The second-order valence-electron chi connectivity index (χ2n) is 6.00. The molecule has 0 aromatic carbocycles. The van der Waals surface area contributed by atoms with E-state index in [-0.39, 0.29) is 6.10 Å². The van der Waals surface area contributed by atoms with Gasteiger partial charge in [-0.15, -0.1) is 0 Å². The smallest absolute Gasteiger partial charge is 0.393 e. The first-order chi connectivity index (χ1) is 12.6. The molecule has 1 heterocycles. The van der Waals surface area contributed by atoms with Crippen LogP contribution in [0.4, 0.5) is 0 Å². The summed E-state index contributed by atoms with van der Waals surface area (Å²) >= 11 is 0. The molecule has 2 atom stereocenters. The van der Waals surface area contributed by atoms with Gasteiger partial charge in [0.2, 0.25) is 0 Å². The lowest BCUT2D eigenvalue weighted by Crippen LogP contribution is -2.71. The summed E-state index contributed by atoms with van der Waals surface area (Å²) in [5, 5.41) is -0.445. The molecule has 0 aromatic rings. The summed E-state index contributed by atoms with van der Waals surface area (Å²) in [5.74, 6) is 0. The van der Waals surface area contributed by atoms with Gasteiger partial charge < -0.3 is 31.6 Å². The summed E-state index contributed by atoms with van der Waals surface area (Å²) in [6, 6.07) is 0.798. The number of rotatable bonds is 17. The largest absolute Gasteiger partial charge is 0.533 e. The molecule has 0 N–H and O–H groups in total. The number of epoxide rings is 1. The number of ether oxygens (including phenoxy) is 2. The molecule has 1 saturated heterocycles. The monoisotopic (exact) mass is 410 g/mol. The summed E-state index contributed by atoms with van der Waals surface area (Å²) in [6.07, 6.45) is 1.06. The van der Waals surface area contributed by atoms with Crippen molar-refractivity contribution in [1.82, 2.24) is 0 Å². The van der Waals surface area contributed by atoms with Gasteiger partial charge in [0.05, 0.1) is 13.2 Å². The SMILES string of the molecule is CCC[Si](OCC)(OCC)C(OCC1CO1)[Si](OCC)(OCC)OCC. The van der Waals surface area contributed by atoms with E-state index < -0.39 is 22.7 Å². The molecule has 156 valence electrons. The highest BCUT2D eigenvalue weighted by atomic mass is 28.4. The lowest BCUT2D eigenvalue weighted by molar-refractivity contribution is -0.00940. The Kier molecular flexibility index (Phi) is 11.7. The normalized spacial score (nSPS) is 18.9. The fraction of sp³-hybridized carbons (Fsp3) is 1.00. The second kappa shape index (κ2) is 12.6. The van der Waals surface area contributed by atoms with Crippen LogP contribution in [-0.2, 0) is 31.6 Å². The molecule has 0 spiro atoms. The van der Waals surface area contributed by atoms with Gasteiger partial charge in [0, 0.05) is 33.0 Å². The Bertz CT molecular complexity index is 309. The van der Waals surface area contributed by atoms with Crippen LogP contribution in [0, 0.1) is 0 Å². The van der Waals surface area contributed by atoms with Gasteiger partial charge in [0.25, 0.3) is 0 Å². The number of hydrogen-bond donors (Lipinski definition) is 0. The van der Waals surface area contributed by atoms with Crippen molar-refractivity contribution in [2.24, 2.45) is 0 Å². The molecule has 0 radical (unpaired) electrons. The average Bonchev–Trinajstić information content (AvgIpc) is 3.41. The lowest BCUT2D eigenvalue weighted by Gasteiger charge is -2.43. The second-order valence-corrected chi connectivity index (χ2v) is 12.4. The van der Waals surface area contributed by atoms with Crippen molar-refractivity contribution in [1.29, 1.82) is 0 Å². The van der Waals surface area contributed by atoms with E-state index in [1.165, 1.54) is 0 Å². The highest BCUT2D eigenvalue weighted by Gasteiger charge is 2.64. The third-order valence-corrected chi connectivity index (χ3v) is 13.0. The van der Waals surface area contributed by atoms with Crippen LogP contribution < -0.4 is 0 Å². The first-order valence-corrected chi connectivity index (χ1v) is 13.9. The standard InChI is InChI=1S/C17H38O7Si2/c1-7-13-25(20-8-2,21-9-3)17(19-15-16-14-18-16)26(22-10-4,23-11-5)24-12-6/h16-17H,7-15H2,1-6H3. The van der Waals surface area contributed by atoms with Crippen molar-refractivity contribution < 1.29 is 31.6 Å². The molecule has 0 amide bonds. The molecule has 0 bridgehead atoms. The predicted octanol–water partition coefficient (Wildman–Crippen LogP) is 2.82. The molecular weight excluding hydrogens is 372 g/mol. The van der Waals surface area contributed by atoms with Crippen LogP contribution in [0.25, 0.3) is 0 Å². The molecule has 1 aliphatic heterocycles. The minimum atomic E-state index is -3.18. The van der Waals surface area contributed by atoms with Crippen LogP contribution in [0.1, 0.15) is 48.0 Å². The van der Waals surface area contributed by atoms with Gasteiger partial charge in [-0.1, -0.05) is 13.3 Å². The average molecular weight is 411 g/mol. The fourth-order valence-electron chi connectivity index (χ4n) is 3.13. The van der Waals surface area contributed by atoms with Crippen molar-refractivity contribution in [3.8, 4) is 0 Å². The zero-order valence-electron chi connectivity index (χ0n) is 17.4. The summed E-state index contributed by atoms with van der Waals surface area (Å²) in [5.41, 5.74) is 0. The van der Waals surface area contributed by atoms with Crippen LogP contribution in [0.3, 0.4) is 0 Å². The topological polar surface area (TPSA) is 67.9 Å². The Hall–Kier alpha value is 0.154. The highest BCUT2D eigenvalue weighted by Crippen LogP contribution is 2.32. The fourth-order valence-corrected chi connectivity index (χ4v) is 12.1. The Labute approximate surface area is 161 Å². The van der Waals surface area contributed by atoms with Crippen LogP contribution in [0.2, 0.25) is 6.04 Å². The molecule has 9 heteroatoms. The van der Waals surface area contributed by atoms with Gasteiger partial charge in [-0.3, -0.25) is 0 Å². The Morgan fingerprint density at radius 2 is 1.27 bits per heavy atom. The zero-order chi connectivity index (χ0) is 19.5. The highest BCUT2D eigenvalue weighted by molar-refractivity contribution is 6.85. The summed E-state index contributed by atoms with van der Waals surface area (Å²) in [6.45, 7) is 15.7. The van der Waals surface area contributed by atoms with Gasteiger partial charge in [0.1, 0.15) is 6.10 Å². The first-order valence-electron chi connectivity index (χ1n) is 10.0.